The van der Waals surface area contributed by atoms with Gasteiger partial charge in [0.2, 0.25) is 10.0 Å². The molecule has 0 amide bonds. The third-order valence-corrected chi connectivity index (χ3v) is 4.47. The minimum absolute atomic E-state index is 0.545. The number of nitrogens with one attached hydrogen (secondary N) is 1. The van der Waals surface area contributed by atoms with Gasteiger partial charge < -0.3 is 9.47 Å². The molecule has 3 aromatic rings. The Morgan fingerprint density at radius 3 is 2.15 bits per heavy atom. The Balaban J connectivity index is 1.78. The van der Waals surface area contributed by atoms with Crippen LogP contribution >= 0.6 is 0 Å². The predicted octanol–water partition coefficient (Wildman–Crippen LogP) is 4.45. The van der Waals surface area contributed by atoms with E-state index >= 15 is 0 Å². The van der Waals surface area contributed by atoms with Crippen molar-refractivity contribution in [2.75, 3.05) is 18.1 Å². The first-order valence-electron chi connectivity index (χ1n) is 8.39. The van der Waals surface area contributed by atoms with Crippen molar-refractivity contribution < 1.29 is 17.9 Å². The van der Waals surface area contributed by atoms with Gasteiger partial charge in [0.05, 0.1) is 13.4 Å². The molecule has 0 radical (unpaired) electrons. The number of sulfonamides is 1. The maximum atomic E-state index is 11.3. The Hall–Kier alpha value is -2.99. The molecule has 3 rings (SSSR count). The van der Waals surface area contributed by atoms with Crippen LogP contribution in [0.25, 0.3) is 0 Å². The van der Waals surface area contributed by atoms with Gasteiger partial charge in [0.15, 0.2) is 11.5 Å². The molecule has 0 heterocycles. The van der Waals surface area contributed by atoms with Gasteiger partial charge >= 0.3 is 0 Å². The van der Waals surface area contributed by atoms with Crippen LogP contribution in [0.1, 0.15) is 11.1 Å². The summed E-state index contributed by atoms with van der Waals surface area (Å²) >= 11 is 0. The standard InChI is InChI=1S/C21H21NO4S/c1-25-20-13-10-17(15-21(20)26-19-6-4-3-5-7-19)14-16-8-11-18(12-9-16)22-27(2,23)24/h3-13,15,22H,14H2,1-2H3. The van der Waals surface area contributed by atoms with Crippen molar-refractivity contribution in [3.05, 3.63) is 83.9 Å². The maximum Gasteiger partial charge on any atom is 0.229 e. The molecule has 0 aliphatic carbocycles. The maximum absolute atomic E-state index is 11.3. The number of ether oxygens (including phenoxy) is 2. The Kier molecular flexibility index (Phi) is 5.66. The van der Waals surface area contributed by atoms with Crippen molar-refractivity contribution in [2.24, 2.45) is 0 Å². The largest absolute Gasteiger partial charge is 0.493 e. The van der Waals surface area contributed by atoms with Crippen LogP contribution in [0.2, 0.25) is 0 Å². The lowest BCUT2D eigenvalue weighted by Gasteiger charge is -2.12. The molecule has 1 N–H and O–H groups in total. The summed E-state index contributed by atoms with van der Waals surface area (Å²) in [5.41, 5.74) is 2.67. The van der Waals surface area contributed by atoms with Crippen LogP contribution in [0.5, 0.6) is 17.2 Å². The lowest BCUT2D eigenvalue weighted by molar-refractivity contribution is 0.378. The van der Waals surface area contributed by atoms with E-state index in [1.165, 1.54) is 0 Å². The molecule has 0 atom stereocenters. The van der Waals surface area contributed by atoms with Crippen LogP contribution in [-0.2, 0) is 16.4 Å². The number of benzene rings is 3. The predicted molar refractivity (Wildman–Crippen MR) is 107 cm³/mol. The molecular formula is C21H21NO4S. The van der Waals surface area contributed by atoms with Crippen LogP contribution < -0.4 is 14.2 Å². The van der Waals surface area contributed by atoms with E-state index in [4.69, 9.17) is 9.47 Å². The third-order valence-electron chi connectivity index (χ3n) is 3.86. The molecule has 6 heteroatoms. The molecule has 0 aliphatic heterocycles. The smallest absolute Gasteiger partial charge is 0.229 e. The summed E-state index contributed by atoms with van der Waals surface area (Å²) in [6.45, 7) is 0. The van der Waals surface area contributed by atoms with Crippen molar-refractivity contribution >= 4 is 15.7 Å². The van der Waals surface area contributed by atoms with Gasteiger partial charge in [0.25, 0.3) is 0 Å². The number of anilines is 1. The average molecular weight is 383 g/mol. The monoisotopic (exact) mass is 383 g/mol. The Bertz CT molecular complexity index is 1000. The first-order chi connectivity index (χ1) is 12.9. The molecular weight excluding hydrogens is 362 g/mol. The molecule has 0 saturated heterocycles. The molecule has 0 fully saturated rings. The molecule has 0 unspecified atom stereocenters. The van der Waals surface area contributed by atoms with Crippen molar-refractivity contribution in [1.29, 1.82) is 0 Å². The summed E-state index contributed by atoms with van der Waals surface area (Å²) in [6.07, 6.45) is 1.82. The quantitative estimate of drug-likeness (QED) is 0.655. The van der Waals surface area contributed by atoms with E-state index in [0.29, 0.717) is 23.6 Å². The summed E-state index contributed by atoms with van der Waals surface area (Å²) in [7, 11) is -1.66. The summed E-state index contributed by atoms with van der Waals surface area (Å²) in [6, 6.07) is 22.7. The topological polar surface area (TPSA) is 64.6 Å². The van der Waals surface area contributed by atoms with Gasteiger partial charge in [-0.2, -0.15) is 0 Å². The van der Waals surface area contributed by atoms with Gasteiger partial charge in [-0.1, -0.05) is 36.4 Å². The zero-order valence-corrected chi connectivity index (χ0v) is 16.0. The summed E-state index contributed by atoms with van der Waals surface area (Å²) in [4.78, 5) is 0. The Morgan fingerprint density at radius 2 is 1.52 bits per heavy atom. The highest BCUT2D eigenvalue weighted by molar-refractivity contribution is 7.92. The van der Waals surface area contributed by atoms with E-state index in [-0.39, 0.29) is 0 Å². The van der Waals surface area contributed by atoms with E-state index in [1.807, 2.05) is 60.7 Å². The molecule has 0 bridgehead atoms. The van der Waals surface area contributed by atoms with Crippen molar-refractivity contribution in [1.82, 2.24) is 0 Å². The van der Waals surface area contributed by atoms with Gasteiger partial charge in [0.1, 0.15) is 5.75 Å². The zero-order chi connectivity index (χ0) is 19.3. The van der Waals surface area contributed by atoms with Gasteiger partial charge in [-0.3, -0.25) is 4.72 Å². The second kappa shape index (κ2) is 8.14. The van der Waals surface area contributed by atoms with E-state index in [2.05, 4.69) is 4.72 Å². The normalized spacial score (nSPS) is 11.0. The average Bonchev–Trinajstić information content (AvgIpc) is 2.63. The zero-order valence-electron chi connectivity index (χ0n) is 15.2. The molecule has 5 nitrogen and oxygen atoms in total. The Morgan fingerprint density at radius 1 is 0.852 bits per heavy atom. The highest BCUT2D eigenvalue weighted by Gasteiger charge is 2.08. The van der Waals surface area contributed by atoms with Crippen LogP contribution in [-0.4, -0.2) is 21.8 Å². The lowest BCUT2D eigenvalue weighted by atomic mass is 10.0. The summed E-state index contributed by atoms with van der Waals surface area (Å²) in [5.74, 6) is 2.05. The first kappa shape index (κ1) is 18.8. The van der Waals surface area contributed by atoms with Gasteiger partial charge in [0, 0.05) is 5.69 Å². The molecule has 3 aromatic carbocycles. The minimum Gasteiger partial charge on any atom is -0.493 e. The summed E-state index contributed by atoms with van der Waals surface area (Å²) < 4.78 is 36.4. The van der Waals surface area contributed by atoms with E-state index in [1.54, 1.807) is 19.2 Å². The third kappa shape index (κ3) is 5.49. The molecule has 0 saturated carbocycles. The van der Waals surface area contributed by atoms with Crippen molar-refractivity contribution in [2.45, 2.75) is 6.42 Å². The fourth-order valence-electron chi connectivity index (χ4n) is 2.67. The second-order valence-electron chi connectivity index (χ2n) is 6.15. The fraction of sp³-hybridized carbons (Fsp3) is 0.143. The highest BCUT2D eigenvalue weighted by atomic mass is 32.2. The minimum atomic E-state index is -3.27. The number of para-hydroxylation sites is 1. The van der Waals surface area contributed by atoms with Gasteiger partial charge in [-0.05, 0) is 53.9 Å². The van der Waals surface area contributed by atoms with E-state index in [0.717, 1.165) is 23.1 Å². The van der Waals surface area contributed by atoms with Crippen molar-refractivity contribution in [3.63, 3.8) is 0 Å². The number of rotatable bonds is 7. The van der Waals surface area contributed by atoms with Crippen LogP contribution in [0, 0.1) is 0 Å². The SMILES string of the molecule is COc1ccc(Cc2ccc(NS(C)(=O)=O)cc2)cc1Oc1ccccc1. The number of hydrogen-bond acceptors (Lipinski definition) is 4. The number of hydrogen-bond donors (Lipinski definition) is 1. The van der Waals surface area contributed by atoms with E-state index < -0.39 is 10.0 Å². The molecule has 0 spiro atoms. The summed E-state index contributed by atoms with van der Waals surface area (Å²) in [5, 5.41) is 0. The fourth-order valence-corrected chi connectivity index (χ4v) is 3.23. The number of methoxy groups -OCH3 is 1. The van der Waals surface area contributed by atoms with Gasteiger partial charge in [-0.15, -0.1) is 0 Å². The molecule has 0 aliphatic rings. The Labute approximate surface area is 159 Å². The van der Waals surface area contributed by atoms with E-state index in [9.17, 15) is 8.42 Å². The lowest BCUT2D eigenvalue weighted by Crippen LogP contribution is -2.09. The molecule has 140 valence electrons. The van der Waals surface area contributed by atoms with Crippen molar-refractivity contribution in [3.8, 4) is 17.2 Å². The molecule has 0 aromatic heterocycles. The van der Waals surface area contributed by atoms with Crippen LogP contribution in [0.3, 0.4) is 0 Å². The van der Waals surface area contributed by atoms with Crippen LogP contribution in [0.15, 0.2) is 72.8 Å². The van der Waals surface area contributed by atoms with Crippen LogP contribution in [0.4, 0.5) is 5.69 Å². The first-order valence-corrected chi connectivity index (χ1v) is 10.3. The molecule has 27 heavy (non-hydrogen) atoms. The highest BCUT2D eigenvalue weighted by Crippen LogP contribution is 2.33. The second-order valence-corrected chi connectivity index (χ2v) is 7.90. The van der Waals surface area contributed by atoms with Gasteiger partial charge in [-0.25, -0.2) is 8.42 Å².